The fraction of sp³-hybridized carbons (Fsp3) is 0.682. The second-order valence-electron chi connectivity index (χ2n) is 10.1. The lowest BCUT2D eigenvalue weighted by Crippen LogP contribution is -2.99. The number of ether oxygens (including phenoxy) is 1. The van der Waals surface area contributed by atoms with E-state index in [2.05, 4.69) is 27.6 Å². The number of alkyl halides is 1. The largest absolute Gasteiger partial charge is 0.373 e. The van der Waals surface area contributed by atoms with Crippen LogP contribution in [-0.4, -0.2) is 39.6 Å². The first-order chi connectivity index (χ1) is 12.9. The molecule has 2 aromatic rings. The SMILES string of the molecule is CC(C)(F)CCc1cc2cc(C3CC3)cc(N3C4CC5OC6CC3C564)n2n1. The van der Waals surface area contributed by atoms with Crippen LogP contribution in [-0.2, 0) is 11.2 Å². The van der Waals surface area contributed by atoms with E-state index in [-0.39, 0.29) is 0 Å². The molecule has 0 N–H and O–H groups in total. The molecule has 1 spiro atoms. The Labute approximate surface area is 158 Å². The van der Waals surface area contributed by atoms with Gasteiger partial charge in [-0.05, 0) is 82.1 Å². The zero-order valence-corrected chi connectivity index (χ0v) is 16.0. The first kappa shape index (κ1) is 15.3. The van der Waals surface area contributed by atoms with Crippen LogP contribution in [0.5, 0.6) is 0 Å². The topological polar surface area (TPSA) is 29.8 Å². The third-order valence-electron chi connectivity index (χ3n) is 8.05. The number of hydrogen-bond acceptors (Lipinski definition) is 3. The van der Waals surface area contributed by atoms with Gasteiger partial charge in [0.2, 0.25) is 0 Å². The van der Waals surface area contributed by atoms with Gasteiger partial charge >= 0.3 is 0 Å². The predicted molar refractivity (Wildman–Crippen MR) is 101 cm³/mol. The van der Waals surface area contributed by atoms with Crippen LogP contribution in [0.1, 0.15) is 63.1 Å². The van der Waals surface area contributed by atoms with Crippen LogP contribution in [0, 0.1) is 5.41 Å². The molecule has 2 saturated heterocycles. The molecule has 142 valence electrons. The second-order valence-corrected chi connectivity index (χ2v) is 10.1. The molecular weight excluding hydrogens is 341 g/mol. The Hall–Kier alpha value is -1.62. The predicted octanol–water partition coefficient (Wildman–Crippen LogP) is 4.01. The minimum atomic E-state index is -1.15. The van der Waals surface area contributed by atoms with Gasteiger partial charge in [-0.1, -0.05) is 0 Å². The molecule has 3 saturated carbocycles. The first-order valence-corrected chi connectivity index (χ1v) is 10.6. The number of anilines is 1. The summed E-state index contributed by atoms with van der Waals surface area (Å²) in [4.78, 5) is 2.64. The lowest BCUT2D eigenvalue weighted by Gasteiger charge is -2.87. The van der Waals surface area contributed by atoms with Gasteiger partial charge in [0.1, 0.15) is 11.5 Å². The molecule has 4 unspecified atom stereocenters. The zero-order chi connectivity index (χ0) is 18.1. The molecule has 7 rings (SSSR count). The molecule has 0 amide bonds. The summed E-state index contributed by atoms with van der Waals surface area (Å²) >= 11 is 0. The number of rotatable bonds is 5. The smallest absolute Gasteiger partial charge is 0.131 e. The maximum atomic E-state index is 14.0. The molecule has 5 heteroatoms. The molecule has 2 aromatic heterocycles. The van der Waals surface area contributed by atoms with E-state index in [1.807, 2.05) is 0 Å². The summed E-state index contributed by atoms with van der Waals surface area (Å²) in [5, 5.41) is 4.91. The third kappa shape index (κ3) is 1.76. The Morgan fingerprint density at radius 2 is 1.93 bits per heavy atom. The van der Waals surface area contributed by atoms with E-state index in [9.17, 15) is 4.39 Å². The first-order valence-electron chi connectivity index (χ1n) is 10.6. The van der Waals surface area contributed by atoms with Crippen LogP contribution < -0.4 is 4.90 Å². The number of aryl methyl sites for hydroxylation is 1. The molecule has 2 aliphatic heterocycles. The van der Waals surface area contributed by atoms with E-state index >= 15 is 0 Å². The molecule has 0 aromatic carbocycles. The molecule has 0 bridgehead atoms. The van der Waals surface area contributed by atoms with Gasteiger partial charge in [-0.3, -0.25) is 0 Å². The maximum Gasteiger partial charge on any atom is 0.131 e. The van der Waals surface area contributed by atoms with Crippen LogP contribution in [0.2, 0.25) is 0 Å². The van der Waals surface area contributed by atoms with Crippen LogP contribution in [0.15, 0.2) is 18.2 Å². The Kier molecular flexibility index (Phi) is 2.56. The van der Waals surface area contributed by atoms with Crippen LogP contribution in [0.25, 0.3) is 5.52 Å². The monoisotopic (exact) mass is 367 g/mol. The van der Waals surface area contributed by atoms with Crippen molar-refractivity contribution in [2.24, 2.45) is 5.41 Å². The molecule has 4 nitrogen and oxygen atoms in total. The van der Waals surface area contributed by atoms with Crippen molar-refractivity contribution in [3.63, 3.8) is 0 Å². The van der Waals surface area contributed by atoms with Crippen LogP contribution in [0.3, 0.4) is 0 Å². The molecule has 0 radical (unpaired) electrons. The van der Waals surface area contributed by atoms with Gasteiger partial charge in [0, 0.05) is 12.1 Å². The standard InChI is InChI=1S/C22H26FN3O/c1-21(2,23)6-5-14-9-15-7-13(12-3-4-12)8-20(26(15)24-14)25-16-10-18-22(16)17(25)11-19(22)27-18/h7-9,12,16-19H,3-6,10-11H2,1-2H3. The number of hydrogen-bond donors (Lipinski definition) is 0. The number of pyridine rings is 1. The Morgan fingerprint density at radius 3 is 2.56 bits per heavy atom. The van der Waals surface area contributed by atoms with Crippen molar-refractivity contribution in [2.75, 3.05) is 4.90 Å². The van der Waals surface area contributed by atoms with E-state index in [4.69, 9.17) is 9.84 Å². The van der Waals surface area contributed by atoms with Crippen molar-refractivity contribution >= 4 is 11.3 Å². The third-order valence-corrected chi connectivity index (χ3v) is 8.05. The lowest BCUT2D eigenvalue weighted by molar-refractivity contribution is -0.412. The van der Waals surface area contributed by atoms with Gasteiger partial charge in [-0.25, -0.2) is 8.91 Å². The average molecular weight is 367 g/mol. The molecule has 3 aliphatic carbocycles. The quantitative estimate of drug-likeness (QED) is 0.800. The van der Waals surface area contributed by atoms with Gasteiger partial charge in [0.25, 0.3) is 0 Å². The molecule has 4 heterocycles. The second kappa shape index (κ2) is 4.51. The summed E-state index contributed by atoms with van der Waals surface area (Å²) in [5.41, 5.74) is 3.00. The molecular formula is C22H26FN3O. The average Bonchev–Trinajstić information content (AvgIpc) is 3.29. The normalized spacial score (nSPS) is 38.4. The highest BCUT2D eigenvalue weighted by atomic mass is 19.1. The summed E-state index contributed by atoms with van der Waals surface area (Å²) < 4.78 is 22.1. The van der Waals surface area contributed by atoms with Crippen molar-refractivity contribution in [3.8, 4) is 0 Å². The molecule has 5 aliphatic rings. The highest BCUT2D eigenvalue weighted by Gasteiger charge is 2.87. The summed E-state index contributed by atoms with van der Waals surface area (Å²) in [5.74, 6) is 1.99. The Bertz CT molecular complexity index is 950. The van der Waals surface area contributed by atoms with E-state index in [1.54, 1.807) is 13.8 Å². The minimum absolute atomic E-state index is 0.496. The lowest BCUT2D eigenvalue weighted by atomic mass is 9.36. The van der Waals surface area contributed by atoms with Gasteiger partial charge < -0.3 is 9.64 Å². The van der Waals surface area contributed by atoms with Crippen molar-refractivity contribution in [3.05, 3.63) is 29.5 Å². The van der Waals surface area contributed by atoms with E-state index < -0.39 is 5.67 Å². The van der Waals surface area contributed by atoms with E-state index in [0.717, 1.165) is 11.6 Å². The van der Waals surface area contributed by atoms with Crippen LogP contribution >= 0.6 is 0 Å². The van der Waals surface area contributed by atoms with Gasteiger partial charge in [0.15, 0.2) is 0 Å². The number of aromatic nitrogens is 2. The van der Waals surface area contributed by atoms with Crippen LogP contribution in [0.4, 0.5) is 10.2 Å². The number of halogens is 1. The minimum Gasteiger partial charge on any atom is -0.373 e. The van der Waals surface area contributed by atoms with Crippen molar-refractivity contribution in [2.45, 2.75) is 88.3 Å². The van der Waals surface area contributed by atoms with Gasteiger partial charge in [-0.2, -0.15) is 5.10 Å². The fourth-order valence-corrected chi connectivity index (χ4v) is 6.36. The number of nitrogens with zero attached hydrogens (tertiary/aromatic N) is 3. The fourth-order valence-electron chi connectivity index (χ4n) is 6.36. The summed E-state index contributed by atoms with van der Waals surface area (Å²) in [7, 11) is 0. The Morgan fingerprint density at radius 1 is 1.19 bits per heavy atom. The van der Waals surface area contributed by atoms with Gasteiger partial charge in [-0.15, -0.1) is 0 Å². The number of piperidine rings is 2. The molecule has 4 atom stereocenters. The number of fused-ring (bicyclic) bond motifs is 1. The van der Waals surface area contributed by atoms with E-state index in [0.29, 0.717) is 42.5 Å². The Balaban J connectivity index is 1.29. The van der Waals surface area contributed by atoms with Crippen molar-refractivity contribution in [1.29, 1.82) is 0 Å². The highest BCUT2D eigenvalue weighted by molar-refractivity contribution is 5.65. The molecule has 27 heavy (non-hydrogen) atoms. The zero-order valence-electron chi connectivity index (χ0n) is 16.0. The summed E-state index contributed by atoms with van der Waals surface area (Å²) in [6.45, 7) is 3.30. The van der Waals surface area contributed by atoms with E-state index in [1.165, 1.54) is 42.6 Å². The van der Waals surface area contributed by atoms with Crippen molar-refractivity contribution in [1.82, 2.24) is 9.61 Å². The maximum absolute atomic E-state index is 14.0. The highest BCUT2D eigenvalue weighted by Crippen LogP contribution is 2.76. The van der Waals surface area contributed by atoms with Gasteiger partial charge in [0.05, 0.1) is 28.8 Å². The summed E-state index contributed by atoms with van der Waals surface area (Å²) in [6.07, 6.45) is 7.23. The summed E-state index contributed by atoms with van der Waals surface area (Å²) in [6, 6.07) is 8.18. The van der Waals surface area contributed by atoms with Crippen molar-refractivity contribution < 1.29 is 9.13 Å². The molecule has 5 fully saturated rings.